The van der Waals surface area contributed by atoms with Crippen LogP contribution in [0.2, 0.25) is 5.02 Å². The highest BCUT2D eigenvalue weighted by Crippen LogP contribution is 2.49. The van der Waals surface area contributed by atoms with Crippen molar-refractivity contribution < 1.29 is 33.2 Å². The number of fused-ring (bicyclic) bond motifs is 1. The van der Waals surface area contributed by atoms with E-state index >= 15 is 0 Å². The van der Waals surface area contributed by atoms with Gasteiger partial charge in [0.25, 0.3) is 0 Å². The molecule has 0 spiro atoms. The predicted octanol–water partition coefficient (Wildman–Crippen LogP) is 8.32. The van der Waals surface area contributed by atoms with E-state index < -0.39 is 12.1 Å². The maximum Gasteiger partial charge on any atom is 0.345 e. The fourth-order valence-corrected chi connectivity index (χ4v) is 8.96. The number of hydrogen-bond acceptors (Lipinski definition) is 13. The summed E-state index contributed by atoms with van der Waals surface area (Å²) in [6, 6.07) is 19.0. The van der Waals surface area contributed by atoms with E-state index in [0.29, 0.717) is 61.9 Å². The molecular formula is C44H46ClFN6O6S2. The molecule has 12 nitrogen and oxygen atoms in total. The van der Waals surface area contributed by atoms with Crippen molar-refractivity contribution in [3.8, 4) is 38.9 Å². The molecule has 0 bridgehead atoms. The van der Waals surface area contributed by atoms with E-state index in [-0.39, 0.29) is 24.7 Å². The molecular weight excluding hydrogens is 827 g/mol. The normalized spacial score (nSPS) is 14.0. The Kier molecular flexibility index (Phi) is 14.8. The number of thioether (sulfide) groups is 1. The summed E-state index contributed by atoms with van der Waals surface area (Å²) >= 11 is 9.96. The largest absolute Gasteiger partial charge is 0.491 e. The lowest BCUT2D eigenvalue weighted by molar-refractivity contribution is -0.145. The topological polar surface area (TPSA) is 132 Å². The lowest BCUT2D eigenvalue weighted by Gasteiger charge is -2.32. The number of methoxy groups -OCH3 is 1. The molecule has 16 heteroatoms. The number of nitrogens with zero attached hydrogens (tertiary/aromatic N) is 6. The molecule has 1 atom stereocenters. The van der Waals surface area contributed by atoms with Gasteiger partial charge >= 0.3 is 5.97 Å². The van der Waals surface area contributed by atoms with Gasteiger partial charge in [0.2, 0.25) is 12.0 Å². The molecule has 0 amide bonds. The van der Waals surface area contributed by atoms with Crippen LogP contribution in [0.1, 0.15) is 23.2 Å². The molecule has 0 saturated carbocycles. The second kappa shape index (κ2) is 20.6. The minimum Gasteiger partial charge on any atom is -0.491 e. The summed E-state index contributed by atoms with van der Waals surface area (Å²) in [5.74, 6) is 0.416. The standard InChI is InChI=1S/C44H46ClFN6O6S2/c1-28-33(13-14-35(39(28)45)56-23-21-52-19-17-51(2)18-20-52)37-38-41(48-27-49-42(38)60-40(37)29-9-11-31(46)12-10-29)58-36(43(53)54)25-30-7-4-5-8-34(30)57-26-32-15-16-47-44(50-32)59-24-6-22-55-3/h4-5,7-16,27,36H,6,17-26H2,1-3H3,(H,53,54)/t36-/m1/s1. The molecule has 60 heavy (non-hydrogen) atoms. The van der Waals surface area contributed by atoms with Crippen molar-refractivity contribution >= 4 is 50.9 Å². The van der Waals surface area contributed by atoms with Gasteiger partial charge < -0.3 is 29.0 Å². The molecule has 1 fully saturated rings. The number of benzene rings is 3. The Hall–Kier alpha value is -4.90. The van der Waals surface area contributed by atoms with Gasteiger partial charge in [0.15, 0.2) is 5.16 Å². The lowest BCUT2D eigenvalue weighted by atomic mass is 9.96. The average molecular weight is 873 g/mol. The third-order valence-corrected chi connectivity index (χ3v) is 12.7. The minimum absolute atomic E-state index is 0.0311. The summed E-state index contributed by atoms with van der Waals surface area (Å²) in [5, 5.41) is 12.2. The Morgan fingerprint density at radius 1 is 0.983 bits per heavy atom. The van der Waals surface area contributed by atoms with Gasteiger partial charge in [-0.25, -0.2) is 29.1 Å². The van der Waals surface area contributed by atoms with Gasteiger partial charge in [-0.2, -0.15) is 0 Å². The number of piperazine rings is 1. The maximum absolute atomic E-state index is 14.2. The van der Waals surface area contributed by atoms with Gasteiger partial charge in [-0.05, 0) is 73.0 Å². The number of aromatic nitrogens is 4. The van der Waals surface area contributed by atoms with Crippen molar-refractivity contribution in [2.45, 2.75) is 37.6 Å². The van der Waals surface area contributed by atoms with Crippen LogP contribution in [0, 0.1) is 12.7 Å². The fourth-order valence-electron chi connectivity index (χ4n) is 6.83. The second-order valence-corrected chi connectivity index (χ2v) is 16.7. The van der Waals surface area contributed by atoms with E-state index in [4.69, 9.17) is 30.5 Å². The first-order valence-corrected chi connectivity index (χ1v) is 21.8. The first-order valence-electron chi connectivity index (χ1n) is 19.6. The van der Waals surface area contributed by atoms with Crippen molar-refractivity contribution in [1.82, 2.24) is 29.7 Å². The Labute approximate surface area is 361 Å². The van der Waals surface area contributed by atoms with Gasteiger partial charge in [-0.3, -0.25) is 4.90 Å². The molecule has 0 aliphatic carbocycles. The van der Waals surface area contributed by atoms with E-state index in [2.05, 4.69) is 36.8 Å². The summed E-state index contributed by atoms with van der Waals surface area (Å²) in [7, 11) is 3.80. The zero-order valence-corrected chi connectivity index (χ0v) is 36.0. The van der Waals surface area contributed by atoms with Crippen molar-refractivity contribution in [2.75, 3.05) is 65.8 Å². The molecule has 4 heterocycles. The third kappa shape index (κ3) is 10.7. The second-order valence-electron chi connectivity index (χ2n) is 14.3. The number of ether oxygens (including phenoxy) is 4. The van der Waals surface area contributed by atoms with Crippen molar-refractivity contribution in [3.05, 3.63) is 107 Å². The van der Waals surface area contributed by atoms with Gasteiger partial charge in [0.1, 0.15) is 41.7 Å². The molecule has 314 valence electrons. The smallest absolute Gasteiger partial charge is 0.345 e. The molecule has 3 aromatic heterocycles. The fraction of sp³-hybridized carbons (Fsp3) is 0.341. The summed E-state index contributed by atoms with van der Waals surface area (Å²) in [6.07, 6.45) is 2.54. The number of hydrogen-bond donors (Lipinski definition) is 1. The predicted molar refractivity (Wildman–Crippen MR) is 233 cm³/mol. The Morgan fingerprint density at radius 2 is 1.78 bits per heavy atom. The highest BCUT2D eigenvalue weighted by molar-refractivity contribution is 7.99. The van der Waals surface area contributed by atoms with Crippen molar-refractivity contribution in [1.29, 1.82) is 0 Å². The van der Waals surface area contributed by atoms with Crippen LogP contribution in [0.4, 0.5) is 4.39 Å². The Bertz CT molecular complexity index is 2400. The molecule has 0 radical (unpaired) electrons. The minimum atomic E-state index is -1.36. The zero-order valence-electron chi connectivity index (χ0n) is 33.6. The summed E-state index contributed by atoms with van der Waals surface area (Å²) < 4.78 is 38.1. The first kappa shape index (κ1) is 43.2. The Balaban J connectivity index is 1.16. The number of rotatable bonds is 19. The molecule has 1 aliphatic heterocycles. The monoisotopic (exact) mass is 872 g/mol. The molecule has 1 N–H and O–H groups in total. The van der Waals surface area contributed by atoms with Crippen LogP contribution in [0.25, 0.3) is 31.8 Å². The molecule has 6 aromatic rings. The average Bonchev–Trinajstić information content (AvgIpc) is 3.64. The van der Waals surface area contributed by atoms with Crippen LogP contribution in [0.15, 0.2) is 84.4 Å². The van der Waals surface area contributed by atoms with Crippen LogP contribution in [-0.4, -0.2) is 113 Å². The van der Waals surface area contributed by atoms with E-state index in [1.54, 1.807) is 49.3 Å². The van der Waals surface area contributed by atoms with Crippen molar-refractivity contribution in [3.63, 3.8) is 0 Å². The van der Waals surface area contributed by atoms with Gasteiger partial charge in [-0.1, -0.05) is 59.8 Å². The van der Waals surface area contributed by atoms with Gasteiger partial charge in [0, 0.05) is 75.3 Å². The van der Waals surface area contributed by atoms with Crippen LogP contribution in [0.5, 0.6) is 17.4 Å². The molecule has 0 unspecified atom stereocenters. The summed E-state index contributed by atoms with van der Waals surface area (Å²) in [6.45, 7) is 8.01. The highest BCUT2D eigenvalue weighted by Gasteiger charge is 2.28. The van der Waals surface area contributed by atoms with Gasteiger partial charge in [0.05, 0.1) is 16.1 Å². The number of thiophene rings is 1. The van der Waals surface area contributed by atoms with E-state index in [1.807, 2.05) is 37.3 Å². The van der Waals surface area contributed by atoms with Crippen LogP contribution < -0.4 is 14.2 Å². The quantitative estimate of drug-likeness (QED) is 0.0476. The number of carboxylic acids is 1. The number of likely N-dealkylation sites (N-methyl/N-ethyl adjacent to an activating group) is 1. The third-order valence-electron chi connectivity index (χ3n) is 10.1. The first-order chi connectivity index (χ1) is 29.2. The van der Waals surface area contributed by atoms with E-state index in [0.717, 1.165) is 66.5 Å². The highest BCUT2D eigenvalue weighted by atomic mass is 35.5. The summed E-state index contributed by atoms with van der Waals surface area (Å²) in [5.41, 5.74) is 4.24. The van der Waals surface area contributed by atoms with Crippen molar-refractivity contribution in [2.24, 2.45) is 0 Å². The lowest BCUT2D eigenvalue weighted by Crippen LogP contribution is -2.45. The molecule has 3 aromatic carbocycles. The SMILES string of the molecule is COCCCSc1nccc(COc2ccccc2C[C@@H](Oc2ncnc3sc(-c4ccc(F)cc4)c(-c4ccc(OCCN5CCN(C)CC5)c(Cl)c4C)c23)C(=O)O)n1. The van der Waals surface area contributed by atoms with Crippen LogP contribution >= 0.6 is 34.7 Å². The zero-order chi connectivity index (χ0) is 42.0. The van der Waals surface area contributed by atoms with Crippen LogP contribution in [-0.2, 0) is 22.6 Å². The Morgan fingerprint density at radius 3 is 2.57 bits per heavy atom. The van der Waals surface area contributed by atoms with E-state index in [1.165, 1.54) is 29.8 Å². The van der Waals surface area contributed by atoms with E-state index in [9.17, 15) is 14.3 Å². The number of carbonyl (C=O) groups is 1. The maximum atomic E-state index is 14.2. The number of carboxylic acid groups (broad SMARTS) is 1. The number of halogens is 2. The number of para-hydroxylation sites is 1. The van der Waals surface area contributed by atoms with Gasteiger partial charge in [-0.15, -0.1) is 11.3 Å². The molecule has 1 saturated heterocycles. The number of aliphatic carboxylic acids is 1. The molecule has 1 aliphatic rings. The van der Waals surface area contributed by atoms with Crippen LogP contribution in [0.3, 0.4) is 0 Å². The summed E-state index contributed by atoms with van der Waals surface area (Å²) in [4.78, 5) is 37.0. The molecule has 7 rings (SSSR count).